The monoisotopic (exact) mass is 692 g/mol. The van der Waals surface area contributed by atoms with Gasteiger partial charge in [-0.1, -0.05) is 109 Å². The average molecular weight is 693 g/mol. The zero-order valence-electron chi connectivity index (χ0n) is 28.3. The molecule has 1 saturated heterocycles. The van der Waals surface area contributed by atoms with Crippen LogP contribution in [0.4, 0.5) is 0 Å². The Labute approximate surface area is 295 Å². The summed E-state index contributed by atoms with van der Waals surface area (Å²) in [6.45, 7) is 2.73. The third kappa shape index (κ3) is 8.75. The number of likely N-dealkylation sites (N-methyl/N-ethyl adjacent to an activating group) is 1. The molecule has 0 aromatic heterocycles. The van der Waals surface area contributed by atoms with E-state index >= 15 is 0 Å². The van der Waals surface area contributed by atoms with Gasteiger partial charge in [-0.15, -0.1) is 0 Å². The molecule has 0 bridgehead atoms. The third-order valence-corrected chi connectivity index (χ3v) is 10.8. The highest BCUT2D eigenvalue weighted by Gasteiger charge is 2.34. The molecule has 8 nitrogen and oxygen atoms in total. The molecule has 0 saturated carbocycles. The molecule has 0 spiro atoms. The Kier molecular flexibility index (Phi) is 11.6. The number of aliphatic hydroxyl groups excluding tert-OH is 2. The van der Waals surface area contributed by atoms with E-state index < -0.39 is 22.4 Å². The van der Waals surface area contributed by atoms with Crippen molar-refractivity contribution in [3.05, 3.63) is 161 Å². The second kappa shape index (κ2) is 16.2. The predicted molar refractivity (Wildman–Crippen MR) is 194 cm³/mol. The first-order valence-electron chi connectivity index (χ1n) is 16.9. The molecule has 3 N–H and O–H groups in total. The van der Waals surface area contributed by atoms with Gasteiger partial charge in [0.2, 0.25) is 10.0 Å². The van der Waals surface area contributed by atoms with Gasteiger partial charge < -0.3 is 19.7 Å². The number of rotatable bonds is 13. The van der Waals surface area contributed by atoms with E-state index in [4.69, 9.17) is 9.47 Å². The Morgan fingerprint density at radius 1 is 0.780 bits per heavy atom. The highest BCUT2D eigenvalue weighted by molar-refractivity contribution is 7.89. The van der Waals surface area contributed by atoms with Crippen LogP contribution in [-0.4, -0.2) is 49.3 Å². The lowest BCUT2D eigenvalue weighted by atomic mass is 9.97. The minimum Gasteiger partial charge on any atom is -0.392 e. The van der Waals surface area contributed by atoms with Crippen LogP contribution < -0.4 is 4.72 Å². The standard InChI is InChI=1S/C41H44N2O6S/c1-29(40(45)33-12-5-3-6-13-33)43(2)27-37-25-39(32-21-19-30(28-44)20-22-32)49-41(48-37)36-16-10-15-35(24-36)34-14-9-11-31(23-34)26-42-50(46,47)38-17-7-4-8-18-38/h3-24,29,37,39-42,44-45H,25-28H2,1-2H3/t29-,37+,39-,40-,41-/m0/s1. The molecule has 1 fully saturated rings. The van der Waals surface area contributed by atoms with E-state index in [2.05, 4.69) is 15.7 Å². The number of sulfonamides is 1. The molecule has 260 valence electrons. The summed E-state index contributed by atoms with van der Waals surface area (Å²) in [6.07, 6.45) is -1.14. The number of aliphatic hydroxyl groups is 2. The van der Waals surface area contributed by atoms with Crippen LogP contribution in [0.3, 0.4) is 0 Å². The van der Waals surface area contributed by atoms with Crippen molar-refractivity contribution in [2.75, 3.05) is 13.6 Å². The maximum atomic E-state index is 12.8. The van der Waals surface area contributed by atoms with E-state index in [0.717, 1.165) is 38.9 Å². The van der Waals surface area contributed by atoms with Gasteiger partial charge in [0.1, 0.15) is 0 Å². The van der Waals surface area contributed by atoms with Crippen molar-refractivity contribution >= 4 is 10.0 Å². The number of nitrogens with zero attached hydrogens (tertiary/aromatic N) is 1. The number of hydrogen-bond donors (Lipinski definition) is 3. The Morgan fingerprint density at radius 2 is 1.44 bits per heavy atom. The Morgan fingerprint density at radius 3 is 2.14 bits per heavy atom. The topological polar surface area (TPSA) is 108 Å². The van der Waals surface area contributed by atoms with Crippen molar-refractivity contribution in [1.82, 2.24) is 9.62 Å². The van der Waals surface area contributed by atoms with Gasteiger partial charge in [0.15, 0.2) is 6.29 Å². The highest BCUT2D eigenvalue weighted by atomic mass is 32.2. The van der Waals surface area contributed by atoms with Crippen LogP contribution in [0, 0.1) is 0 Å². The molecule has 9 heteroatoms. The van der Waals surface area contributed by atoms with Gasteiger partial charge in [-0.3, -0.25) is 4.90 Å². The van der Waals surface area contributed by atoms with Crippen LogP contribution in [0.2, 0.25) is 0 Å². The summed E-state index contributed by atoms with van der Waals surface area (Å²) < 4.78 is 41.6. The van der Waals surface area contributed by atoms with E-state index in [-0.39, 0.29) is 36.3 Å². The molecule has 0 amide bonds. The van der Waals surface area contributed by atoms with Crippen molar-refractivity contribution in [2.45, 2.75) is 62.0 Å². The number of benzene rings is 5. The maximum Gasteiger partial charge on any atom is 0.240 e. The number of hydrogen-bond acceptors (Lipinski definition) is 7. The minimum atomic E-state index is -3.64. The molecule has 5 atom stereocenters. The molecular weight excluding hydrogens is 649 g/mol. The summed E-state index contributed by atoms with van der Waals surface area (Å²) in [5.74, 6) is 0. The molecule has 0 radical (unpaired) electrons. The smallest absolute Gasteiger partial charge is 0.240 e. The fourth-order valence-corrected chi connectivity index (χ4v) is 7.32. The van der Waals surface area contributed by atoms with Gasteiger partial charge in [-0.05, 0) is 71.6 Å². The molecule has 1 aliphatic rings. The van der Waals surface area contributed by atoms with Gasteiger partial charge in [0.05, 0.1) is 29.8 Å². The normalized spacial score (nSPS) is 19.3. The first-order valence-corrected chi connectivity index (χ1v) is 18.4. The van der Waals surface area contributed by atoms with Crippen LogP contribution in [0.25, 0.3) is 11.1 Å². The Bertz CT molecular complexity index is 1940. The molecule has 1 heterocycles. The van der Waals surface area contributed by atoms with Crippen LogP contribution >= 0.6 is 0 Å². The van der Waals surface area contributed by atoms with E-state index in [1.807, 2.05) is 111 Å². The van der Waals surface area contributed by atoms with Gasteiger partial charge >= 0.3 is 0 Å². The Balaban J connectivity index is 1.21. The van der Waals surface area contributed by atoms with Crippen molar-refractivity contribution in [3.8, 4) is 11.1 Å². The summed E-state index contributed by atoms with van der Waals surface area (Å²) in [5, 5.41) is 20.7. The van der Waals surface area contributed by atoms with Gasteiger partial charge in [-0.25, -0.2) is 13.1 Å². The van der Waals surface area contributed by atoms with Crippen LogP contribution in [0.1, 0.15) is 59.7 Å². The van der Waals surface area contributed by atoms with E-state index in [9.17, 15) is 18.6 Å². The van der Waals surface area contributed by atoms with Crippen LogP contribution in [0.15, 0.2) is 138 Å². The number of ether oxygens (including phenoxy) is 2. The van der Waals surface area contributed by atoms with E-state index in [0.29, 0.717) is 13.0 Å². The lowest BCUT2D eigenvalue weighted by molar-refractivity contribution is -0.253. The molecular formula is C41H44N2O6S. The summed E-state index contributed by atoms with van der Waals surface area (Å²) in [7, 11) is -1.64. The summed E-state index contributed by atoms with van der Waals surface area (Å²) in [6, 6.07) is 41.5. The minimum absolute atomic E-state index is 0.0283. The quantitative estimate of drug-likeness (QED) is 0.123. The van der Waals surface area contributed by atoms with E-state index in [1.54, 1.807) is 30.3 Å². The first kappa shape index (κ1) is 35.6. The number of nitrogens with one attached hydrogen (secondary N) is 1. The molecule has 5 aromatic carbocycles. The second-order valence-corrected chi connectivity index (χ2v) is 14.6. The maximum absolute atomic E-state index is 12.8. The molecule has 6 rings (SSSR count). The summed E-state index contributed by atoms with van der Waals surface area (Å²) in [4.78, 5) is 2.36. The molecule has 1 aliphatic heterocycles. The largest absolute Gasteiger partial charge is 0.392 e. The SMILES string of the molecule is C[C@@H]([C@H](O)c1ccccc1)N(C)C[C@H]1C[C@@H](c2ccc(CO)cc2)O[C@@H](c2cccc(-c3cccc(CNS(=O)(=O)c4ccccc4)c3)c2)O1. The predicted octanol–water partition coefficient (Wildman–Crippen LogP) is 6.92. The molecule has 0 aliphatic carbocycles. The van der Waals surface area contributed by atoms with Gasteiger partial charge in [-0.2, -0.15) is 0 Å². The Hall–Kier alpha value is -4.19. The average Bonchev–Trinajstić information content (AvgIpc) is 3.17. The van der Waals surface area contributed by atoms with Crippen LogP contribution in [0.5, 0.6) is 0 Å². The molecule has 50 heavy (non-hydrogen) atoms. The lowest BCUT2D eigenvalue weighted by Gasteiger charge is -2.39. The second-order valence-electron chi connectivity index (χ2n) is 12.8. The fourth-order valence-electron chi connectivity index (χ4n) is 6.28. The van der Waals surface area contributed by atoms with E-state index in [1.165, 1.54) is 0 Å². The molecule has 5 aromatic rings. The zero-order valence-corrected chi connectivity index (χ0v) is 29.1. The summed E-state index contributed by atoms with van der Waals surface area (Å²) in [5.41, 5.74) is 6.29. The van der Waals surface area contributed by atoms with Gasteiger partial charge in [0.25, 0.3) is 0 Å². The zero-order chi connectivity index (χ0) is 35.1. The third-order valence-electron chi connectivity index (χ3n) is 9.34. The van der Waals surface area contributed by atoms with Crippen molar-refractivity contribution in [2.24, 2.45) is 0 Å². The molecule has 0 unspecified atom stereocenters. The highest BCUT2D eigenvalue weighted by Crippen LogP contribution is 2.39. The lowest BCUT2D eigenvalue weighted by Crippen LogP contribution is -2.43. The fraction of sp³-hybridized carbons (Fsp3) is 0.268. The van der Waals surface area contributed by atoms with Crippen molar-refractivity contribution < 1.29 is 28.1 Å². The van der Waals surface area contributed by atoms with Crippen LogP contribution in [-0.2, 0) is 32.6 Å². The first-order chi connectivity index (χ1) is 24.2. The summed E-state index contributed by atoms with van der Waals surface area (Å²) >= 11 is 0. The van der Waals surface area contributed by atoms with Crippen molar-refractivity contribution in [1.29, 1.82) is 0 Å². The van der Waals surface area contributed by atoms with Gasteiger partial charge in [0, 0.05) is 31.1 Å². The van der Waals surface area contributed by atoms with Crippen molar-refractivity contribution in [3.63, 3.8) is 0 Å².